The van der Waals surface area contributed by atoms with Gasteiger partial charge in [-0.2, -0.15) is 0 Å². The maximum atomic E-state index is 8.97. The first kappa shape index (κ1) is 16.5. The Hall–Kier alpha value is -2.56. The average Bonchev–Trinajstić information content (AvgIpc) is 2.49. The Morgan fingerprint density at radius 1 is 1.00 bits per heavy atom. The van der Waals surface area contributed by atoms with Crippen molar-refractivity contribution in [2.75, 3.05) is 21.3 Å². The average molecular weight is 286 g/mol. The molecule has 0 bridgehead atoms. The summed E-state index contributed by atoms with van der Waals surface area (Å²) in [5.74, 6) is 12.7. The van der Waals surface area contributed by atoms with Crippen LogP contribution in [0.5, 0.6) is 17.2 Å². The van der Waals surface area contributed by atoms with Crippen LogP contribution in [0.25, 0.3) is 0 Å². The Bertz CT molecular complexity index is 597. The number of ether oxygens (including phenoxy) is 3. The maximum Gasteiger partial charge on any atom is 0.203 e. The summed E-state index contributed by atoms with van der Waals surface area (Å²) in [5.41, 5.74) is 0.734. The number of hydrogen-bond acceptors (Lipinski definition) is 4. The molecule has 4 heteroatoms. The van der Waals surface area contributed by atoms with Gasteiger partial charge in [-0.05, 0) is 31.2 Å². The van der Waals surface area contributed by atoms with Gasteiger partial charge in [0.25, 0.3) is 0 Å². The first-order chi connectivity index (χ1) is 10.1. The summed E-state index contributed by atoms with van der Waals surface area (Å²) >= 11 is 0. The fourth-order valence-electron chi connectivity index (χ4n) is 1.53. The van der Waals surface area contributed by atoms with Crippen LogP contribution in [-0.4, -0.2) is 32.5 Å². The smallest absolute Gasteiger partial charge is 0.203 e. The molecule has 0 aliphatic heterocycles. The van der Waals surface area contributed by atoms with Crippen LogP contribution in [0.3, 0.4) is 0 Å². The van der Waals surface area contributed by atoms with Gasteiger partial charge in [0, 0.05) is 5.56 Å². The summed E-state index contributed by atoms with van der Waals surface area (Å²) in [6.07, 6.45) is 2.55. The van der Waals surface area contributed by atoms with Crippen LogP contribution in [0.1, 0.15) is 12.5 Å². The van der Waals surface area contributed by atoms with Crippen molar-refractivity contribution < 1.29 is 19.3 Å². The van der Waals surface area contributed by atoms with E-state index in [0.717, 1.165) is 5.56 Å². The van der Waals surface area contributed by atoms with Crippen molar-refractivity contribution in [3.8, 4) is 40.9 Å². The van der Waals surface area contributed by atoms with E-state index in [2.05, 4.69) is 23.7 Å². The largest absolute Gasteiger partial charge is 0.493 e. The van der Waals surface area contributed by atoms with Gasteiger partial charge in [0.15, 0.2) is 11.5 Å². The molecule has 4 nitrogen and oxygen atoms in total. The van der Waals surface area contributed by atoms with Crippen LogP contribution < -0.4 is 14.2 Å². The van der Waals surface area contributed by atoms with E-state index in [4.69, 9.17) is 19.3 Å². The van der Waals surface area contributed by atoms with Crippen molar-refractivity contribution in [3.05, 3.63) is 29.8 Å². The normalized spacial score (nSPS) is 10.9. The summed E-state index contributed by atoms with van der Waals surface area (Å²) in [4.78, 5) is 0. The van der Waals surface area contributed by atoms with Crippen molar-refractivity contribution in [3.63, 3.8) is 0 Å². The van der Waals surface area contributed by atoms with E-state index < -0.39 is 6.10 Å². The van der Waals surface area contributed by atoms with Crippen molar-refractivity contribution >= 4 is 0 Å². The molecule has 0 fully saturated rings. The summed E-state index contributed by atoms with van der Waals surface area (Å²) in [7, 11) is 4.66. The maximum absolute atomic E-state index is 8.97. The minimum atomic E-state index is -0.641. The quantitative estimate of drug-likeness (QED) is 0.864. The van der Waals surface area contributed by atoms with Gasteiger partial charge < -0.3 is 19.3 Å². The standard InChI is InChI=1S/C17H18O4/c1-13(18)9-7-5-6-8-10-14-11-15(19-2)17(21-4)16(12-14)20-3/h5-6,11-13,18H,1-4H3/b6-5-. The first-order valence-corrected chi connectivity index (χ1v) is 6.28. The highest BCUT2D eigenvalue weighted by molar-refractivity contribution is 5.57. The van der Waals surface area contributed by atoms with Crippen molar-refractivity contribution in [2.45, 2.75) is 13.0 Å². The van der Waals surface area contributed by atoms with Crippen molar-refractivity contribution in [1.82, 2.24) is 0 Å². The SMILES string of the molecule is COc1cc(C#C/C=C\C#CC(C)O)cc(OC)c1OC. The van der Waals surface area contributed by atoms with Gasteiger partial charge in [0.2, 0.25) is 5.75 Å². The lowest BCUT2D eigenvalue weighted by molar-refractivity contribution is 0.253. The molecule has 0 aromatic heterocycles. The van der Waals surface area contributed by atoms with Gasteiger partial charge >= 0.3 is 0 Å². The van der Waals surface area contributed by atoms with Gasteiger partial charge in [-0.15, -0.1) is 0 Å². The third-order valence-electron chi connectivity index (χ3n) is 2.42. The van der Waals surface area contributed by atoms with E-state index >= 15 is 0 Å². The second-order valence-corrected chi connectivity index (χ2v) is 3.98. The third kappa shape index (κ3) is 5.14. The Balaban J connectivity index is 2.98. The molecule has 110 valence electrons. The summed E-state index contributed by atoms with van der Waals surface area (Å²) in [5, 5.41) is 8.97. The molecule has 0 saturated carbocycles. The molecule has 0 saturated heterocycles. The fraction of sp³-hybridized carbons (Fsp3) is 0.294. The molecule has 1 rings (SSSR count). The van der Waals surface area contributed by atoms with Crippen LogP contribution in [-0.2, 0) is 0 Å². The molecule has 0 aliphatic rings. The fourth-order valence-corrected chi connectivity index (χ4v) is 1.53. The minimum absolute atomic E-state index is 0.531. The van der Waals surface area contributed by atoms with E-state index in [1.807, 2.05) is 0 Å². The zero-order chi connectivity index (χ0) is 15.7. The monoisotopic (exact) mass is 286 g/mol. The van der Waals surface area contributed by atoms with E-state index in [1.54, 1.807) is 52.5 Å². The Morgan fingerprint density at radius 2 is 1.57 bits per heavy atom. The summed E-state index contributed by atoms with van der Waals surface area (Å²) in [6.45, 7) is 1.60. The lowest BCUT2D eigenvalue weighted by Gasteiger charge is -2.12. The molecule has 0 spiro atoms. The lowest BCUT2D eigenvalue weighted by Crippen LogP contribution is -1.95. The van der Waals surface area contributed by atoms with E-state index in [1.165, 1.54) is 0 Å². The summed E-state index contributed by atoms with van der Waals surface area (Å²) < 4.78 is 15.7. The van der Waals surface area contributed by atoms with Crippen LogP contribution in [0, 0.1) is 23.7 Å². The molecule has 1 unspecified atom stereocenters. The van der Waals surface area contributed by atoms with Gasteiger partial charge in [-0.1, -0.05) is 23.7 Å². The van der Waals surface area contributed by atoms with Crippen LogP contribution in [0.4, 0.5) is 0 Å². The predicted molar refractivity (Wildman–Crippen MR) is 81.6 cm³/mol. The van der Waals surface area contributed by atoms with Gasteiger partial charge in [-0.3, -0.25) is 0 Å². The Kier molecular flexibility index (Phi) is 6.74. The second kappa shape index (κ2) is 8.58. The van der Waals surface area contributed by atoms with E-state index in [-0.39, 0.29) is 0 Å². The number of aliphatic hydroxyl groups is 1. The molecule has 1 atom stereocenters. The number of allylic oxidation sites excluding steroid dienone is 2. The zero-order valence-electron chi connectivity index (χ0n) is 12.6. The Labute approximate surface area is 125 Å². The lowest BCUT2D eigenvalue weighted by atomic mass is 10.2. The van der Waals surface area contributed by atoms with Gasteiger partial charge in [0.1, 0.15) is 6.10 Å². The number of hydrogen-bond donors (Lipinski definition) is 1. The third-order valence-corrected chi connectivity index (χ3v) is 2.42. The van der Waals surface area contributed by atoms with Crippen LogP contribution in [0.2, 0.25) is 0 Å². The topological polar surface area (TPSA) is 47.9 Å². The number of benzene rings is 1. The minimum Gasteiger partial charge on any atom is -0.493 e. The Morgan fingerprint density at radius 3 is 2.05 bits per heavy atom. The second-order valence-electron chi connectivity index (χ2n) is 3.98. The highest BCUT2D eigenvalue weighted by atomic mass is 16.5. The molecule has 1 aromatic carbocycles. The molecular weight excluding hydrogens is 268 g/mol. The number of methoxy groups -OCH3 is 3. The van der Waals surface area contributed by atoms with E-state index in [0.29, 0.717) is 17.2 Å². The molecule has 0 radical (unpaired) electrons. The summed E-state index contributed by atoms with van der Waals surface area (Å²) in [6, 6.07) is 3.54. The molecule has 21 heavy (non-hydrogen) atoms. The van der Waals surface area contributed by atoms with Gasteiger partial charge in [-0.25, -0.2) is 0 Å². The van der Waals surface area contributed by atoms with Crippen LogP contribution >= 0.6 is 0 Å². The predicted octanol–water partition coefficient (Wildman–Crippen LogP) is 2.00. The van der Waals surface area contributed by atoms with E-state index in [9.17, 15) is 0 Å². The molecular formula is C17H18O4. The molecule has 0 aliphatic carbocycles. The molecule has 1 aromatic rings. The molecule has 1 N–H and O–H groups in total. The van der Waals surface area contributed by atoms with Crippen molar-refractivity contribution in [1.29, 1.82) is 0 Å². The molecule has 0 heterocycles. The van der Waals surface area contributed by atoms with Crippen LogP contribution in [0.15, 0.2) is 24.3 Å². The number of rotatable bonds is 3. The first-order valence-electron chi connectivity index (χ1n) is 6.28. The highest BCUT2D eigenvalue weighted by Crippen LogP contribution is 2.37. The van der Waals surface area contributed by atoms with Gasteiger partial charge in [0.05, 0.1) is 21.3 Å². The zero-order valence-corrected chi connectivity index (χ0v) is 12.6. The molecule has 0 amide bonds. The highest BCUT2D eigenvalue weighted by Gasteiger charge is 2.11. The number of aliphatic hydroxyl groups excluding tert-OH is 1. The van der Waals surface area contributed by atoms with Crippen molar-refractivity contribution in [2.24, 2.45) is 0 Å².